The smallest absolute Gasteiger partial charge is 0.226 e. The molecule has 0 radical (unpaired) electrons. The van der Waals surface area contributed by atoms with Gasteiger partial charge < -0.3 is 10.2 Å². The van der Waals surface area contributed by atoms with Crippen molar-refractivity contribution < 1.29 is 9.59 Å². The lowest BCUT2D eigenvalue weighted by Crippen LogP contribution is -2.48. The second-order valence-corrected chi connectivity index (χ2v) is 8.25. The van der Waals surface area contributed by atoms with Crippen LogP contribution in [0.4, 0.5) is 0 Å². The number of piperidine rings is 1. The Morgan fingerprint density at radius 3 is 2.48 bits per heavy atom. The largest absolute Gasteiger partial charge is 0.352 e. The third-order valence-electron chi connectivity index (χ3n) is 6.31. The average molecular weight is 392 g/mol. The third-order valence-corrected chi connectivity index (χ3v) is 6.31. The minimum absolute atomic E-state index is 0.0320. The van der Waals surface area contributed by atoms with Gasteiger partial charge in [0.2, 0.25) is 11.8 Å². The van der Waals surface area contributed by atoms with E-state index in [9.17, 15) is 9.59 Å². The number of pyridine rings is 1. The van der Waals surface area contributed by atoms with Gasteiger partial charge in [0, 0.05) is 31.4 Å². The highest BCUT2D eigenvalue weighted by molar-refractivity contribution is 5.83. The lowest BCUT2D eigenvalue weighted by Gasteiger charge is -2.40. The van der Waals surface area contributed by atoms with E-state index >= 15 is 0 Å². The first kappa shape index (κ1) is 19.6. The summed E-state index contributed by atoms with van der Waals surface area (Å²) in [6.45, 7) is 0.982. The monoisotopic (exact) mass is 391 g/mol. The Hall–Kier alpha value is -2.69. The molecule has 1 saturated heterocycles. The van der Waals surface area contributed by atoms with Crippen molar-refractivity contribution in [2.24, 2.45) is 11.8 Å². The number of likely N-dealkylation sites (tertiary alicyclic amines) is 1. The molecule has 2 aliphatic rings. The Balaban J connectivity index is 1.46. The van der Waals surface area contributed by atoms with Crippen LogP contribution in [0.5, 0.6) is 0 Å². The fourth-order valence-electron chi connectivity index (χ4n) is 4.69. The fourth-order valence-corrected chi connectivity index (χ4v) is 4.69. The molecular weight excluding hydrogens is 362 g/mol. The Kier molecular flexibility index (Phi) is 6.23. The summed E-state index contributed by atoms with van der Waals surface area (Å²) in [5.74, 6) is 0.237. The number of rotatable bonds is 5. The average Bonchev–Trinajstić information content (AvgIpc) is 3.33. The van der Waals surface area contributed by atoms with Gasteiger partial charge in [0.25, 0.3) is 0 Å². The van der Waals surface area contributed by atoms with Crippen LogP contribution in [0.25, 0.3) is 0 Å². The number of carbonyl (C=O) groups is 2. The zero-order valence-corrected chi connectivity index (χ0v) is 16.8. The normalized spacial score (nSPS) is 22.4. The van der Waals surface area contributed by atoms with Gasteiger partial charge >= 0.3 is 0 Å². The Labute approximate surface area is 172 Å². The quantitative estimate of drug-likeness (QED) is 0.842. The maximum absolute atomic E-state index is 13.3. The summed E-state index contributed by atoms with van der Waals surface area (Å²) in [4.78, 5) is 32.2. The maximum Gasteiger partial charge on any atom is 0.226 e. The van der Waals surface area contributed by atoms with Crippen molar-refractivity contribution in [2.75, 3.05) is 6.54 Å². The van der Waals surface area contributed by atoms with E-state index in [0.717, 1.165) is 44.1 Å². The Morgan fingerprint density at radius 1 is 0.966 bits per heavy atom. The standard InChI is InChI=1S/C24H29N3O2/c28-23(26-16-18-7-6-14-25-15-18)21-12-13-22(19-8-2-1-3-9-19)27(17-21)24(29)20-10-4-5-11-20/h1-3,6-9,14-15,20-22H,4-5,10-13,16-17H2,(H,26,28). The first-order valence-corrected chi connectivity index (χ1v) is 10.7. The molecule has 152 valence electrons. The van der Waals surface area contributed by atoms with E-state index < -0.39 is 0 Å². The fraction of sp³-hybridized carbons (Fsp3) is 0.458. The molecule has 5 heteroatoms. The molecule has 2 aromatic rings. The number of nitrogens with zero attached hydrogens (tertiary/aromatic N) is 2. The summed E-state index contributed by atoms with van der Waals surface area (Å²) in [5.41, 5.74) is 2.16. The molecule has 4 rings (SSSR count). The number of amides is 2. The van der Waals surface area contributed by atoms with Gasteiger partial charge in [-0.25, -0.2) is 0 Å². The van der Waals surface area contributed by atoms with E-state index in [1.54, 1.807) is 12.4 Å². The SMILES string of the molecule is O=C(NCc1cccnc1)C1CCC(c2ccccc2)N(C(=O)C2CCCC2)C1. The van der Waals surface area contributed by atoms with Gasteiger partial charge in [0.05, 0.1) is 12.0 Å². The molecule has 1 aromatic heterocycles. The van der Waals surface area contributed by atoms with Crippen LogP contribution >= 0.6 is 0 Å². The van der Waals surface area contributed by atoms with E-state index in [0.29, 0.717) is 13.1 Å². The molecule has 2 amide bonds. The minimum Gasteiger partial charge on any atom is -0.352 e. The lowest BCUT2D eigenvalue weighted by molar-refractivity contribution is -0.142. The van der Waals surface area contributed by atoms with Crippen molar-refractivity contribution in [2.45, 2.75) is 51.1 Å². The molecule has 29 heavy (non-hydrogen) atoms. The van der Waals surface area contributed by atoms with Crippen LogP contribution in [0.15, 0.2) is 54.9 Å². The molecule has 1 aliphatic heterocycles. The van der Waals surface area contributed by atoms with Crippen molar-refractivity contribution in [1.82, 2.24) is 15.2 Å². The van der Waals surface area contributed by atoms with Gasteiger partial charge in [-0.05, 0) is 42.9 Å². The molecule has 2 heterocycles. The zero-order valence-electron chi connectivity index (χ0n) is 16.8. The number of carbonyl (C=O) groups excluding carboxylic acids is 2. The van der Waals surface area contributed by atoms with Crippen molar-refractivity contribution >= 4 is 11.8 Å². The number of hydrogen-bond donors (Lipinski definition) is 1. The van der Waals surface area contributed by atoms with Crippen LogP contribution in [0.3, 0.4) is 0 Å². The summed E-state index contributed by atoms with van der Waals surface area (Å²) in [5, 5.41) is 3.04. The first-order chi connectivity index (χ1) is 14.2. The van der Waals surface area contributed by atoms with Crippen LogP contribution < -0.4 is 5.32 Å². The van der Waals surface area contributed by atoms with Crippen molar-refractivity contribution in [1.29, 1.82) is 0 Å². The summed E-state index contributed by atoms with van der Waals surface area (Å²) in [6, 6.07) is 14.2. The predicted octanol–water partition coefficient (Wildman–Crippen LogP) is 3.87. The van der Waals surface area contributed by atoms with E-state index in [-0.39, 0.29) is 29.7 Å². The Morgan fingerprint density at radius 2 is 1.76 bits per heavy atom. The number of aromatic nitrogens is 1. The van der Waals surface area contributed by atoms with Gasteiger partial charge in [-0.2, -0.15) is 0 Å². The Bertz CT molecular complexity index is 819. The maximum atomic E-state index is 13.3. The highest BCUT2D eigenvalue weighted by Gasteiger charge is 2.38. The van der Waals surface area contributed by atoms with E-state index in [2.05, 4.69) is 22.4 Å². The second-order valence-electron chi connectivity index (χ2n) is 8.25. The van der Waals surface area contributed by atoms with Crippen molar-refractivity contribution in [3.05, 3.63) is 66.0 Å². The molecule has 1 N–H and O–H groups in total. The van der Waals surface area contributed by atoms with Gasteiger partial charge in [-0.3, -0.25) is 14.6 Å². The lowest BCUT2D eigenvalue weighted by atomic mass is 9.87. The molecular formula is C24H29N3O2. The van der Waals surface area contributed by atoms with Gasteiger partial charge in [-0.15, -0.1) is 0 Å². The molecule has 2 atom stereocenters. The van der Waals surface area contributed by atoms with Crippen LogP contribution in [0.2, 0.25) is 0 Å². The predicted molar refractivity (Wildman–Crippen MR) is 112 cm³/mol. The molecule has 2 unspecified atom stereocenters. The van der Waals surface area contributed by atoms with Crippen LogP contribution in [-0.2, 0) is 16.1 Å². The van der Waals surface area contributed by atoms with E-state index in [1.165, 1.54) is 5.56 Å². The highest BCUT2D eigenvalue weighted by Crippen LogP contribution is 2.37. The molecule has 1 aromatic carbocycles. The third kappa shape index (κ3) is 4.66. The van der Waals surface area contributed by atoms with Crippen molar-refractivity contribution in [3.63, 3.8) is 0 Å². The van der Waals surface area contributed by atoms with Crippen LogP contribution in [0, 0.1) is 11.8 Å². The molecule has 2 fully saturated rings. The van der Waals surface area contributed by atoms with Gasteiger partial charge in [0.15, 0.2) is 0 Å². The van der Waals surface area contributed by atoms with Crippen molar-refractivity contribution in [3.8, 4) is 0 Å². The molecule has 0 spiro atoms. The number of benzene rings is 1. The van der Waals surface area contributed by atoms with Crippen LogP contribution in [0.1, 0.15) is 55.7 Å². The minimum atomic E-state index is -0.156. The molecule has 5 nitrogen and oxygen atoms in total. The summed E-state index contributed by atoms with van der Waals surface area (Å²) >= 11 is 0. The summed E-state index contributed by atoms with van der Waals surface area (Å²) in [7, 11) is 0. The molecule has 0 bridgehead atoms. The highest BCUT2D eigenvalue weighted by atomic mass is 16.2. The molecule has 1 aliphatic carbocycles. The van der Waals surface area contributed by atoms with E-state index in [1.807, 2.05) is 35.2 Å². The number of nitrogens with one attached hydrogen (secondary N) is 1. The van der Waals surface area contributed by atoms with Crippen LogP contribution in [-0.4, -0.2) is 28.2 Å². The second kappa shape index (κ2) is 9.21. The number of hydrogen-bond acceptors (Lipinski definition) is 3. The summed E-state index contributed by atoms with van der Waals surface area (Å²) in [6.07, 6.45) is 9.35. The van der Waals surface area contributed by atoms with E-state index in [4.69, 9.17) is 0 Å². The summed E-state index contributed by atoms with van der Waals surface area (Å²) < 4.78 is 0. The topological polar surface area (TPSA) is 62.3 Å². The first-order valence-electron chi connectivity index (χ1n) is 10.7. The van der Waals surface area contributed by atoms with Gasteiger partial charge in [-0.1, -0.05) is 49.2 Å². The zero-order chi connectivity index (χ0) is 20.1. The van der Waals surface area contributed by atoms with Gasteiger partial charge in [0.1, 0.15) is 0 Å². The molecule has 1 saturated carbocycles.